The van der Waals surface area contributed by atoms with E-state index in [4.69, 9.17) is 0 Å². The number of aliphatic imine (C=N–C) groups is 1. The Hall–Kier alpha value is -2.32. The first-order valence-electron chi connectivity index (χ1n) is 9.04. The van der Waals surface area contributed by atoms with Crippen LogP contribution in [0.5, 0.6) is 0 Å². The van der Waals surface area contributed by atoms with Crippen molar-refractivity contribution in [3.05, 3.63) is 59.7 Å². The van der Waals surface area contributed by atoms with Gasteiger partial charge in [-0.1, -0.05) is 41.6 Å². The van der Waals surface area contributed by atoms with E-state index in [1.807, 2.05) is 55.5 Å². The maximum atomic E-state index is 12.2. The number of thioether (sulfide) groups is 1. The molecule has 2 atom stereocenters. The quantitative estimate of drug-likeness (QED) is 0.802. The third kappa shape index (κ3) is 4.56. The number of carbonyl (C=O) groups is 1. The van der Waals surface area contributed by atoms with Gasteiger partial charge in [-0.05, 0) is 36.8 Å². The molecule has 0 saturated carbocycles. The highest BCUT2D eigenvalue weighted by Gasteiger charge is 2.42. The van der Waals surface area contributed by atoms with E-state index in [0.29, 0.717) is 6.42 Å². The Morgan fingerprint density at radius 1 is 1.07 bits per heavy atom. The number of nitrogens with one attached hydrogen (secondary N) is 2. The lowest BCUT2D eigenvalue weighted by atomic mass is 10.1. The van der Waals surface area contributed by atoms with Crippen LogP contribution in [-0.2, 0) is 21.1 Å². The molecule has 2 aromatic carbocycles. The first-order chi connectivity index (χ1) is 13.4. The first-order valence-corrected chi connectivity index (χ1v) is 11.7. The molecule has 2 N–H and O–H groups in total. The summed E-state index contributed by atoms with van der Waals surface area (Å²) < 4.78 is 23.3. The maximum absolute atomic E-state index is 12.2. The second kappa shape index (κ2) is 7.60. The van der Waals surface area contributed by atoms with Crippen molar-refractivity contribution in [2.45, 2.75) is 24.6 Å². The molecular weight excluding hydrogens is 394 g/mol. The molecule has 2 aliphatic heterocycles. The van der Waals surface area contributed by atoms with Gasteiger partial charge in [0, 0.05) is 16.6 Å². The van der Waals surface area contributed by atoms with Crippen LogP contribution in [0.1, 0.15) is 11.1 Å². The zero-order valence-electron chi connectivity index (χ0n) is 15.4. The molecule has 0 radical (unpaired) electrons. The second-order valence-electron chi connectivity index (χ2n) is 7.15. The van der Waals surface area contributed by atoms with Gasteiger partial charge in [0.25, 0.3) is 0 Å². The normalized spacial score (nSPS) is 22.4. The number of fused-ring (bicyclic) bond motifs is 1. The minimum atomic E-state index is -2.94. The minimum Gasteiger partial charge on any atom is -0.335 e. The molecule has 2 aromatic rings. The molecule has 1 amide bonds. The highest BCUT2D eigenvalue weighted by molar-refractivity contribution is 8.15. The van der Waals surface area contributed by atoms with Crippen LogP contribution in [0.2, 0.25) is 0 Å². The van der Waals surface area contributed by atoms with Crippen LogP contribution in [0.3, 0.4) is 0 Å². The second-order valence-corrected chi connectivity index (χ2v) is 10.5. The fourth-order valence-electron chi connectivity index (χ4n) is 3.27. The average molecular weight is 416 g/mol. The van der Waals surface area contributed by atoms with Gasteiger partial charge in [0.05, 0.1) is 24.0 Å². The highest BCUT2D eigenvalue weighted by Crippen LogP contribution is 2.34. The predicted octanol–water partition coefficient (Wildman–Crippen LogP) is 2.86. The van der Waals surface area contributed by atoms with Crippen molar-refractivity contribution in [1.29, 1.82) is 0 Å². The topological polar surface area (TPSA) is 87.6 Å². The number of hydrogen-bond donors (Lipinski definition) is 2. The van der Waals surface area contributed by atoms with E-state index in [1.54, 1.807) is 0 Å². The van der Waals surface area contributed by atoms with Gasteiger partial charge in [-0.15, -0.1) is 0 Å². The van der Waals surface area contributed by atoms with Crippen molar-refractivity contribution in [1.82, 2.24) is 0 Å². The Morgan fingerprint density at radius 2 is 1.75 bits per heavy atom. The predicted molar refractivity (Wildman–Crippen MR) is 115 cm³/mol. The molecule has 0 aromatic heterocycles. The third-order valence-corrected chi connectivity index (χ3v) is 7.87. The number of amides is 1. The zero-order valence-corrected chi connectivity index (χ0v) is 17.0. The average Bonchev–Trinajstić information content (AvgIpc) is 3.11. The number of benzene rings is 2. The summed E-state index contributed by atoms with van der Waals surface area (Å²) in [5, 5.41) is 6.92. The number of sulfone groups is 1. The number of aryl methyl sites for hydroxylation is 1. The largest absolute Gasteiger partial charge is 0.335 e. The number of hydrogen-bond acceptors (Lipinski definition) is 6. The molecule has 0 aliphatic carbocycles. The van der Waals surface area contributed by atoms with E-state index < -0.39 is 9.84 Å². The van der Waals surface area contributed by atoms with Crippen molar-refractivity contribution >= 4 is 44.0 Å². The van der Waals surface area contributed by atoms with E-state index in [1.165, 1.54) is 11.8 Å². The smallest absolute Gasteiger partial charge is 0.228 e. The molecule has 8 heteroatoms. The molecule has 6 nitrogen and oxygen atoms in total. The van der Waals surface area contributed by atoms with Gasteiger partial charge in [0.1, 0.15) is 0 Å². The van der Waals surface area contributed by atoms with Gasteiger partial charge in [0.15, 0.2) is 15.0 Å². The van der Waals surface area contributed by atoms with Gasteiger partial charge in [-0.2, -0.15) is 0 Å². The Balaban J connectivity index is 1.32. The molecule has 4 rings (SSSR count). The summed E-state index contributed by atoms with van der Waals surface area (Å²) in [7, 11) is -2.94. The Morgan fingerprint density at radius 3 is 2.43 bits per heavy atom. The maximum Gasteiger partial charge on any atom is 0.228 e. The summed E-state index contributed by atoms with van der Waals surface area (Å²) in [5.41, 5.74) is 3.73. The highest BCUT2D eigenvalue weighted by atomic mass is 32.2. The monoisotopic (exact) mass is 415 g/mol. The van der Waals surface area contributed by atoms with Crippen LogP contribution in [0, 0.1) is 6.92 Å². The summed E-state index contributed by atoms with van der Waals surface area (Å²) in [6.45, 7) is 2.01. The number of anilines is 2. The molecule has 0 spiro atoms. The Kier molecular flexibility index (Phi) is 5.16. The summed E-state index contributed by atoms with van der Waals surface area (Å²) in [6.07, 6.45) is 0.297. The fourth-order valence-corrected chi connectivity index (χ4v) is 6.95. The molecular formula is C20H21N3O3S2. The van der Waals surface area contributed by atoms with Gasteiger partial charge < -0.3 is 10.6 Å². The van der Waals surface area contributed by atoms with Crippen molar-refractivity contribution in [3.8, 4) is 0 Å². The van der Waals surface area contributed by atoms with Crippen molar-refractivity contribution in [2.75, 3.05) is 22.1 Å². The van der Waals surface area contributed by atoms with Gasteiger partial charge in [-0.25, -0.2) is 8.42 Å². The molecule has 1 saturated heterocycles. The molecule has 28 heavy (non-hydrogen) atoms. The summed E-state index contributed by atoms with van der Waals surface area (Å²) >= 11 is 1.49. The van der Waals surface area contributed by atoms with Crippen LogP contribution >= 0.6 is 11.8 Å². The number of amidine groups is 1. The van der Waals surface area contributed by atoms with Crippen molar-refractivity contribution < 1.29 is 13.2 Å². The molecule has 1 fully saturated rings. The van der Waals surface area contributed by atoms with Crippen LogP contribution < -0.4 is 10.6 Å². The van der Waals surface area contributed by atoms with Crippen molar-refractivity contribution in [3.63, 3.8) is 0 Å². The zero-order chi connectivity index (χ0) is 19.7. The minimum absolute atomic E-state index is 0.0252. The van der Waals surface area contributed by atoms with Crippen molar-refractivity contribution in [2.24, 2.45) is 4.99 Å². The van der Waals surface area contributed by atoms with E-state index >= 15 is 0 Å². The summed E-state index contributed by atoms with van der Waals surface area (Å²) in [5.74, 6) is 0.283. The molecule has 146 valence electrons. The van der Waals surface area contributed by atoms with Crippen LogP contribution in [0.25, 0.3) is 0 Å². The molecule has 0 bridgehead atoms. The summed E-state index contributed by atoms with van der Waals surface area (Å²) in [6, 6.07) is 15.2. The van der Waals surface area contributed by atoms with Crippen LogP contribution in [0.4, 0.5) is 11.4 Å². The van der Waals surface area contributed by atoms with Gasteiger partial charge >= 0.3 is 0 Å². The van der Waals surface area contributed by atoms with Gasteiger partial charge in [-0.3, -0.25) is 9.79 Å². The van der Waals surface area contributed by atoms with Gasteiger partial charge in [0.2, 0.25) is 5.91 Å². The van der Waals surface area contributed by atoms with E-state index in [2.05, 4.69) is 15.6 Å². The number of rotatable bonds is 4. The third-order valence-electron chi connectivity index (χ3n) is 4.72. The summed E-state index contributed by atoms with van der Waals surface area (Å²) in [4.78, 5) is 16.7. The molecule has 0 unspecified atom stereocenters. The molecule has 2 aliphatic rings. The van der Waals surface area contributed by atoms with E-state index in [0.717, 1.165) is 27.7 Å². The molecule has 2 heterocycles. The number of carbonyl (C=O) groups excluding carboxylic acids is 1. The Bertz CT molecular complexity index is 1020. The van der Waals surface area contributed by atoms with E-state index in [-0.39, 0.29) is 28.7 Å². The first kappa shape index (κ1) is 19.0. The lowest BCUT2D eigenvalue weighted by molar-refractivity contribution is -0.115. The lowest BCUT2D eigenvalue weighted by Crippen LogP contribution is -2.14. The Labute approximate surface area is 168 Å². The SMILES string of the molecule is Cc1ccc(NC(=O)Cc2ccc(NC3=N[C@@H]4CS(=O)(=O)C[C@H]4S3)cc2)cc1. The van der Waals surface area contributed by atoms with Crippen LogP contribution in [-0.4, -0.2) is 42.3 Å². The lowest BCUT2D eigenvalue weighted by Gasteiger charge is -2.09. The van der Waals surface area contributed by atoms with E-state index in [9.17, 15) is 13.2 Å². The van der Waals surface area contributed by atoms with Crippen LogP contribution in [0.15, 0.2) is 53.5 Å². The number of nitrogens with zero attached hydrogens (tertiary/aromatic N) is 1. The fraction of sp³-hybridized carbons (Fsp3) is 0.300. The standard InChI is InChI=1S/C20H21N3O3S2/c1-13-2-6-15(7-3-13)21-19(24)10-14-4-8-16(9-5-14)22-20-23-17-11-28(25,26)12-18(17)27-20/h2-9,17-18H,10-12H2,1H3,(H,21,24)(H,22,23)/t17-,18-/m1/s1.